The Morgan fingerprint density at radius 3 is 2.94 bits per heavy atom. The van der Waals surface area contributed by atoms with E-state index in [1.54, 1.807) is 0 Å². The zero-order chi connectivity index (χ0) is 12.4. The van der Waals surface area contributed by atoms with E-state index in [2.05, 4.69) is 27.3 Å². The first kappa shape index (κ1) is 11.8. The SMILES string of the molecule is CCCc1nc(N2CCSCC2)cc2nccn12. The molecule has 3 rings (SSSR count). The van der Waals surface area contributed by atoms with Crippen LogP contribution in [0.4, 0.5) is 5.82 Å². The van der Waals surface area contributed by atoms with Gasteiger partial charge in [0, 0.05) is 49.5 Å². The van der Waals surface area contributed by atoms with Crippen LogP contribution in [0.2, 0.25) is 0 Å². The van der Waals surface area contributed by atoms with E-state index in [0.717, 1.165) is 43.2 Å². The van der Waals surface area contributed by atoms with E-state index in [9.17, 15) is 0 Å². The van der Waals surface area contributed by atoms with Crippen molar-refractivity contribution in [2.24, 2.45) is 0 Å². The molecule has 1 saturated heterocycles. The molecule has 5 heteroatoms. The van der Waals surface area contributed by atoms with Gasteiger partial charge in [-0.1, -0.05) is 6.92 Å². The minimum Gasteiger partial charge on any atom is -0.355 e. The monoisotopic (exact) mass is 262 g/mol. The van der Waals surface area contributed by atoms with Gasteiger partial charge in [-0.25, -0.2) is 9.97 Å². The highest BCUT2D eigenvalue weighted by Crippen LogP contribution is 2.20. The zero-order valence-corrected chi connectivity index (χ0v) is 11.5. The number of imidazole rings is 1. The van der Waals surface area contributed by atoms with Crippen molar-refractivity contribution in [2.75, 3.05) is 29.5 Å². The third-order valence-electron chi connectivity index (χ3n) is 3.26. The van der Waals surface area contributed by atoms with Crippen LogP contribution in [0.25, 0.3) is 5.65 Å². The predicted molar refractivity (Wildman–Crippen MR) is 76.5 cm³/mol. The summed E-state index contributed by atoms with van der Waals surface area (Å²) in [6.45, 7) is 4.38. The average molecular weight is 262 g/mol. The molecule has 0 N–H and O–H groups in total. The van der Waals surface area contributed by atoms with Crippen LogP contribution in [-0.4, -0.2) is 39.0 Å². The molecule has 18 heavy (non-hydrogen) atoms. The normalized spacial score (nSPS) is 16.4. The van der Waals surface area contributed by atoms with E-state index in [-0.39, 0.29) is 0 Å². The number of aromatic nitrogens is 3. The number of hydrogen-bond donors (Lipinski definition) is 0. The fourth-order valence-corrected chi connectivity index (χ4v) is 3.23. The van der Waals surface area contributed by atoms with Gasteiger partial charge in [0.1, 0.15) is 17.3 Å². The lowest BCUT2D eigenvalue weighted by Gasteiger charge is -2.27. The van der Waals surface area contributed by atoms with Crippen molar-refractivity contribution in [3.8, 4) is 0 Å². The molecule has 0 aliphatic carbocycles. The summed E-state index contributed by atoms with van der Waals surface area (Å²) in [5.74, 6) is 4.62. The highest BCUT2D eigenvalue weighted by Gasteiger charge is 2.15. The van der Waals surface area contributed by atoms with Gasteiger partial charge in [-0.05, 0) is 6.42 Å². The Morgan fingerprint density at radius 1 is 1.33 bits per heavy atom. The Balaban J connectivity index is 2.00. The molecular weight excluding hydrogens is 244 g/mol. The van der Waals surface area contributed by atoms with E-state index >= 15 is 0 Å². The average Bonchev–Trinajstić information content (AvgIpc) is 2.88. The quantitative estimate of drug-likeness (QED) is 0.849. The molecule has 0 radical (unpaired) electrons. The summed E-state index contributed by atoms with van der Waals surface area (Å²) in [6.07, 6.45) is 5.97. The van der Waals surface area contributed by atoms with Gasteiger partial charge in [-0.2, -0.15) is 11.8 Å². The highest BCUT2D eigenvalue weighted by atomic mass is 32.2. The zero-order valence-electron chi connectivity index (χ0n) is 10.7. The van der Waals surface area contributed by atoms with Gasteiger partial charge in [0.15, 0.2) is 0 Å². The Kier molecular flexibility index (Phi) is 3.41. The molecule has 0 spiro atoms. The topological polar surface area (TPSA) is 33.4 Å². The van der Waals surface area contributed by atoms with Crippen LogP contribution in [0.3, 0.4) is 0 Å². The molecule has 0 amide bonds. The number of anilines is 1. The summed E-state index contributed by atoms with van der Waals surface area (Å²) < 4.78 is 2.10. The lowest BCUT2D eigenvalue weighted by molar-refractivity contribution is 0.780. The Bertz CT molecular complexity index is 531. The van der Waals surface area contributed by atoms with E-state index < -0.39 is 0 Å². The number of nitrogens with zero attached hydrogens (tertiary/aromatic N) is 4. The van der Waals surface area contributed by atoms with Crippen LogP contribution in [0.5, 0.6) is 0 Å². The summed E-state index contributed by atoms with van der Waals surface area (Å²) in [4.78, 5) is 11.6. The first-order valence-corrected chi connectivity index (χ1v) is 7.69. The standard InChI is InChI=1S/C13H18N4S/c1-2-3-11-15-13(16-6-8-18-9-7-16)10-12-14-4-5-17(11)12/h4-5,10H,2-3,6-9H2,1H3. The van der Waals surface area contributed by atoms with E-state index in [4.69, 9.17) is 4.98 Å². The fraction of sp³-hybridized carbons (Fsp3) is 0.538. The van der Waals surface area contributed by atoms with Crippen molar-refractivity contribution >= 4 is 23.2 Å². The molecule has 2 aromatic heterocycles. The molecule has 1 fully saturated rings. The molecule has 1 aliphatic rings. The summed E-state index contributed by atoms with van der Waals surface area (Å²) in [5, 5.41) is 0. The third kappa shape index (κ3) is 2.19. The molecular formula is C13H18N4S. The van der Waals surface area contributed by atoms with Crippen molar-refractivity contribution in [2.45, 2.75) is 19.8 Å². The van der Waals surface area contributed by atoms with E-state index in [1.807, 2.05) is 24.2 Å². The molecule has 0 aromatic carbocycles. The van der Waals surface area contributed by atoms with Gasteiger partial charge >= 0.3 is 0 Å². The number of rotatable bonds is 3. The van der Waals surface area contributed by atoms with Gasteiger partial charge in [0.05, 0.1) is 0 Å². The van der Waals surface area contributed by atoms with Crippen molar-refractivity contribution in [3.63, 3.8) is 0 Å². The molecule has 3 heterocycles. The Morgan fingerprint density at radius 2 is 2.17 bits per heavy atom. The van der Waals surface area contributed by atoms with Gasteiger partial charge in [-0.15, -0.1) is 0 Å². The molecule has 4 nitrogen and oxygen atoms in total. The minimum atomic E-state index is 1.00. The molecule has 0 atom stereocenters. The van der Waals surface area contributed by atoms with Crippen LogP contribution in [0, 0.1) is 0 Å². The van der Waals surface area contributed by atoms with Crippen molar-refractivity contribution < 1.29 is 0 Å². The van der Waals surface area contributed by atoms with Crippen molar-refractivity contribution in [3.05, 3.63) is 24.3 Å². The lowest BCUT2D eigenvalue weighted by atomic mass is 10.3. The van der Waals surface area contributed by atoms with Crippen LogP contribution in [-0.2, 0) is 6.42 Å². The minimum absolute atomic E-state index is 1.00. The summed E-state index contributed by atoms with van der Waals surface area (Å²) in [7, 11) is 0. The van der Waals surface area contributed by atoms with Gasteiger partial charge < -0.3 is 4.90 Å². The number of fused-ring (bicyclic) bond motifs is 1. The Labute approximate surface area is 111 Å². The molecule has 2 aromatic rings. The van der Waals surface area contributed by atoms with E-state index in [0.29, 0.717) is 0 Å². The molecule has 0 saturated carbocycles. The first-order valence-electron chi connectivity index (χ1n) is 6.54. The van der Waals surface area contributed by atoms with Crippen LogP contribution in [0.15, 0.2) is 18.5 Å². The van der Waals surface area contributed by atoms with E-state index in [1.165, 1.54) is 11.5 Å². The molecule has 0 unspecified atom stereocenters. The maximum atomic E-state index is 4.83. The smallest absolute Gasteiger partial charge is 0.141 e. The second-order valence-electron chi connectivity index (χ2n) is 4.54. The second-order valence-corrected chi connectivity index (χ2v) is 5.76. The van der Waals surface area contributed by atoms with Gasteiger partial charge in [-0.3, -0.25) is 4.40 Å². The van der Waals surface area contributed by atoms with Crippen molar-refractivity contribution in [1.82, 2.24) is 14.4 Å². The van der Waals surface area contributed by atoms with Crippen LogP contribution >= 0.6 is 11.8 Å². The number of aryl methyl sites for hydroxylation is 1. The predicted octanol–water partition coefficient (Wildman–Crippen LogP) is 2.24. The summed E-state index contributed by atoms with van der Waals surface area (Å²) in [6, 6.07) is 2.11. The highest BCUT2D eigenvalue weighted by molar-refractivity contribution is 7.99. The third-order valence-corrected chi connectivity index (χ3v) is 4.20. The summed E-state index contributed by atoms with van der Waals surface area (Å²) >= 11 is 2.02. The number of hydrogen-bond acceptors (Lipinski definition) is 4. The maximum Gasteiger partial charge on any atom is 0.141 e. The second kappa shape index (κ2) is 5.18. The Hall–Kier alpha value is -1.23. The van der Waals surface area contributed by atoms with Gasteiger partial charge in [0.2, 0.25) is 0 Å². The van der Waals surface area contributed by atoms with Gasteiger partial charge in [0.25, 0.3) is 0 Å². The van der Waals surface area contributed by atoms with Crippen LogP contribution < -0.4 is 4.90 Å². The van der Waals surface area contributed by atoms with Crippen LogP contribution in [0.1, 0.15) is 19.2 Å². The summed E-state index contributed by atoms with van der Waals surface area (Å²) in [5.41, 5.74) is 1.02. The largest absolute Gasteiger partial charge is 0.355 e. The van der Waals surface area contributed by atoms with Crippen molar-refractivity contribution in [1.29, 1.82) is 0 Å². The fourth-order valence-electron chi connectivity index (χ4n) is 2.33. The molecule has 0 bridgehead atoms. The number of thioether (sulfide) groups is 1. The molecule has 96 valence electrons. The first-order chi connectivity index (χ1) is 8.88. The molecule has 1 aliphatic heterocycles. The lowest BCUT2D eigenvalue weighted by Crippen LogP contribution is -2.33. The maximum absolute atomic E-state index is 4.83.